The summed E-state index contributed by atoms with van der Waals surface area (Å²) < 4.78 is 3.44. The lowest BCUT2D eigenvalue weighted by Gasteiger charge is -2.19. The van der Waals surface area contributed by atoms with E-state index in [2.05, 4.69) is 31.7 Å². The van der Waals surface area contributed by atoms with E-state index in [4.69, 9.17) is 0 Å². The molecule has 1 fully saturated rings. The number of likely N-dealkylation sites (N-methyl/N-ethyl adjacent to an activating group) is 1. The van der Waals surface area contributed by atoms with E-state index in [1.54, 1.807) is 0 Å². The zero-order valence-corrected chi connectivity index (χ0v) is 15.7. The number of rotatable bonds is 4. The molecule has 0 bridgehead atoms. The van der Waals surface area contributed by atoms with E-state index >= 15 is 0 Å². The van der Waals surface area contributed by atoms with Crippen LogP contribution in [0.5, 0.6) is 0 Å². The zero-order valence-electron chi connectivity index (χ0n) is 14.9. The first-order chi connectivity index (χ1) is 12.6. The van der Waals surface area contributed by atoms with Crippen molar-refractivity contribution >= 4 is 27.3 Å². The maximum absolute atomic E-state index is 12.4. The molecule has 26 heavy (non-hydrogen) atoms. The summed E-state index contributed by atoms with van der Waals surface area (Å²) in [5, 5.41) is 3.57. The molecule has 1 aliphatic heterocycles. The van der Waals surface area contributed by atoms with Crippen molar-refractivity contribution in [3.63, 3.8) is 0 Å². The third kappa shape index (κ3) is 2.77. The topological polar surface area (TPSA) is 81.0 Å². The molecule has 1 aliphatic rings. The van der Waals surface area contributed by atoms with Crippen molar-refractivity contribution in [3.8, 4) is 11.3 Å². The highest BCUT2D eigenvalue weighted by Gasteiger charge is 2.21. The molecule has 3 aromatic rings. The number of fused-ring (bicyclic) bond motifs is 1. The van der Waals surface area contributed by atoms with Crippen LogP contribution in [0.1, 0.15) is 18.9 Å². The average molecular weight is 370 g/mol. The van der Waals surface area contributed by atoms with Gasteiger partial charge in [-0.25, -0.2) is 0 Å². The fourth-order valence-electron chi connectivity index (χ4n) is 3.74. The fourth-order valence-corrected chi connectivity index (χ4v) is 4.69. The SMILES string of the molecule is CCc1c(-c2ccc(N3CCC(NC)C3)cc2)[nH]c(=O)c2c(=O)[nH]sc12. The Balaban J connectivity index is 1.74. The van der Waals surface area contributed by atoms with Crippen molar-refractivity contribution in [3.05, 3.63) is 50.5 Å². The standard InChI is InChI=1S/C19H22N4O2S/c1-3-14-16(21-18(24)15-17(14)26-22-19(15)25)11-4-6-13(7-5-11)23-9-8-12(10-23)20-2/h4-7,12,20H,3,8-10H2,1-2H3,(H,21,24)(H,22,25). The van der Waals surface area contributed by atoms with Crippen LogP contribution < -0.4 is 21.3 Å². The molecule has 3 N–H and O–H groups in total. The Morgan fingerprint density at radius 2 is 2.00 bits per heavy atom. The number of hydrogen-bond donors (Lipinski definition) is 3. The van der Waals surface area contributed by atoms with Gasteiger partial charge in [0.1, 0.15) is 5.39 Å². The molecule has 0 amide bonds. The molecular formula is C19H22N4O2S. The van der Waals surface area contributed by atoms with E-state index in [0.717, 1.165) is 47.5 Å². The predicted octanol–water partition coefficient (Wildman–Crippen LogP) is 2.31. The molecule has 0 spiro atoms. The summed E-state index contributed by atoms with van der Waals surface area (Å²) in [7, 11) is 2.01. The van der Waals surface area contributed by atoms with E-state index in [9.17, 15) is 9.59 Å². The van der Waals surface area contributed by atoms with Crippen LogP contribution in [0, 0.1) is 0 Å². The van der Waals surface area contributed by atoms with Gasteiger partial charge in [0.15, 0.2) is 0 Å². The molecule has 1 aromatic carbocycles. The van der Waals surface area contributed by atoms with Gasteiger partial charge in [-0.1, -0.05) is 30.6 Å². The largest absolute Gasteiger partial charge is 0.370 e. The number of aryl methyl sites for hydroxylation is 1. The van der Waals surface area contributed by atoms with Gasteiger partial charge < -0.3 is 15.2 Å². The van der Waals surface area contributed by atoms with Crippen LogP contribution in [-0.2, 0) is 6.42 Å². The first-order valence-corrected chi connectivity index (χ1v) is 9.73. The van der Waals surface area contributed by atoms with Gasteiger partial charge in [0.2, 0.25) is 0 Å². The van der Waals surface area contributed by atoms with E-state index < -0.39 is 0 Å². The van der Waals surface area contributed by atoms with Crippen LogP contribution in [0.3, 0.4) is 0 Å². The van der Waals surface area contributed by atoms with Gasteiger partial charge in [-0.3, -0.25) is 14.0 Å². The van der Waals surface area contributed by atoms with E-state index in [1.165, 1.54) is 17.2 Å². The first kappa shape index (κ1) is 17.1. The van der Waals surface area contributed by atoms with Gasteiger partial charge in [-0.2, -0.15) is 0 Å². The minimum Gasteiger partial charge on any atom is -0.370 e. The molecule has 6 nitrogen and oxygen atoms in total. The molecule has 1 unspecified atom stereocenters. The number of hydrogen-bond acceptors (Lipinski definition) is 5. The van der Waals surface area contributed by atoms with Gasteiger partial charge in [0.25, 0.3) is 11.1 Å². The summed E-state index contributed by atoms with van der Waals surface area (Å²) in [4.78, 5) is 29.6. The van der Waals surface area contributed by atoms with Crippen molar-refractivity contribution in [2.24, 2.45) is 0 Å². The minimum absolute atomic E-state index is 0.238. The van der Waals surface area contributed by atoms with Gasteiger partial charge >= 0.3 is 0 Å². The smallest absolute Gasteiger partial charge is 0.271 e. The van der Waals surface area contributed by atoms with E-state index in [-0.39, 0.29) is 16.5 Å². The molecule has 0 aliphatic carbocycles. The summed E-state index contributed by atoms with van der Waals surface area (Å²) >= 11 is 1.24. The number of nitrogens with one attached hydrogen (secondary N) is 3. The molecule has 4 rings (SSSR count). The Hall–Kier alpha value is -2.38. The van der Waals surface area contributed by atoms with Crippen LogP contribution in [0.15, 0.2) is 33.9 Å². The van der Waals surface area contributed by atoms with Crippen molar-refractivity contribution in [1.82, 2.24) is 14.7 Å². The minimum atomic E-state index is -0.324. The average Bonchev–Trinajstić information content (AvgIpc) is 3.29. The van der Waals surface area contributed by atoms with Gasteiger partial charge in [0, 0.05) is 24.8 Å². The fraction of sp³-hybridized carbons (Fsp3) is 0.368. The molecule has 1 saturated heterocycles. The number of benzene rings is 1. The lowest BCUT2D eigenvalue weighted by molar-refractivity contribution is 0.617. The Morgan fingerprint density at radius 3 is 2.65 bits per heavy atom. The number of aromatic amines is 2. The molecule has 3 heterocycles. The Kier molecular flexibility index (Phi) is 4.42. The third-order valence-electron chi connectivity index (χ3n) is 5.21. The summed E-state index contributed by atoms with van der Waals surface area (Å²) in [6, 6.07) is 8.85. The molecule has 2 aromatic heterocycles. The summed E-state index contributed by atoms with van der Waals surface area (Å²) in [5.74, 6) is 0. The molecule has 1 atom stereocenters. The zero-order chi connectivity index (χ0) is 18.3. The second-order valence-electron chi connectivity index (χ2n) is 6.67. The summed E-state index contributed by atoms with van der Waals surface area (Å²) in [5.41, 5.74) is 3.34. The van der Waals surface area contributed by atoms with Gasteiger partial charge in [-0.05, 0) is 43.1 Å². The van der Waals surface area contributed by atoms with Crippen LogP contribution in [0.2, 0.25) is 0 Å². The second-order valence-corrected chi connectivity index (χ2v) is 7.48. The number of anilines is 1. The van der Waals surface area contributed by atoms with Crippen LogP contribution in [0.25, 0.3) is 21.3 Å². The predicted molar refractivity (Wildman–Crippen MR) is 108 cm³/mol. The number of aromatic nitrogens is 2. The quantitative estimate of drug-likeness (QED) is 0.658. The number of nitrogens with zero attached hydrogens (tertiary/aromatic N) is 1. The van der Waals surface area contributed by atoms with Crippen molar-refractivity contribution in [1.29, 1.82) is 0 Å². The Morgan fingerprint density at radius 1 is 1.23 bits per heavy atom. The summed E-state index contributed by atoms with van der Waals surface area (Å²) in [6.45, 7) is 4.10. The number of H-pyrrole nitrogens is 2. The molecule has 7 heteroatoms. The second kappa shape index (κ2) is 6.74. The highest BCUT2D eigenvalue weighted by molar-refractivity contribution is 7.13. The number of pyridine rings is 1. The maximum Gasteiger partial charge on any atom is 0.271 e. The molecule has 0 saturated carbocycles. The first-order valence-electron chi connectivity index (χ1n) is 8.91. The molecular weight excluding hydrogens is 348 g/mol. The van der Waals surface area contributed by atoms with Gasteiger partial charge in [0.05, 0.1) is 10.4 Å². The van der Waals surface area contributed by atoms with Crippen LogP contribution in [-0.4, -0.2) is 35.5 Å². The Bertz CT molecular complexity index is 1050. The summed E-state index contributed by atoms with van der Waals surface area (Å²) in [6.07, 6.45) is 1.89. The normalized spacial score (nSPS) is 17.3. The molecule has 136 valence electrons. The van der Waals surface area contributed by atoms with Crippen molar-refractivity contribution in [2.45, 2.75) is 25.8 Å². The highest BCUT2D eigenvalue weighted by atomic mass is 32.1. The van der Waals surface area contributed by atoms with Gasteiger partial charge in [-0.15, -0.1) is 0 Å². The maximum atomic E-state index is 12.4. The van der Waals surface area contributed by atoms with Crippen LogP contribution >= 0.6 is 11.5 Å². The lowest BCUT2D eigenvalue weighted by atomic mass is 10.0. The Labute approximate surface area is 155 Å². The van der Waals surface area contributed by atoms with E-state index in [1.807, 2.05) is 26.1 Å². The lowest BCUT2D eigenvalue weighted by Crippen LogP contribution is -2.29. The van der Waals surface area contributed by atoms with Crippen molar-refractivity contribution in [2.75, 3.05) is 25.0 Å². The molecule has 0 radical (unpaired) electrons. The third-order valence-corrected chi connectivity index (χ3v) is 6.15. The van der Waals surface area contributed by atoms with E-state index in [0.29, 0.717) is 6.04 Å². The van der Waals surface area contributed by atoms with Crippen molar-refractivity contribution < 1.29 is 0 Å². The van der Waals surface area contributed by atoms with Crippen LogP contribution in [0.4, 0.5) is 5.69 Å². The highest BCUT2D eigenvalue weighted by Crippen LogP contribution is 2.30. The monoisotopic (exact) mass is 370 g/mol.